The zero-order valence-electron chi connectivity index (χ0n) is 19.0. The van der Waals surface area contributed by atoms with Crippen LogP contribution >= 0.6 is 0 Å². The monoisotopic (exact) mass is 431 g/mol. The quantitative estimate of drug-likeness (QED) is 0.283. The Balaban J connectivity index is 1.53. The highest BCUT2D eigenvalue weighted by molar-refractivity contribution is 5.91. The topological polar surface area (TPSA) is 99.5 Å². The molecule has 3 aromatic rings. The Morgan fingerprint density at radius 2 is 2.06 bits per heavy atom. The van der Waals surface area contributed by atoms with Crippen LogP contribution in [0, 0.1) is 18.4 Å². The maximum atomic E-state index is 9.33. The SMILES string of the molecule is Cc1c[nH]c2ncnc(N3CCN(C(=Nc4ccc(CN(C)C)cc4)NC#N)[C@@H](C)C3)c12. The van der Waals surface area contributed by atoms with Gasteiger partial charge in [0.05, 0.1) is 11.1 Å². The third-order valence-electron chi connectivity index (χ3n) is 5.68. The first-order chi connectivity index (χ1) is 15.5. The average molecular weight is 432 g/mol. The molecule has 1 aromatic carbocycles. The van der Waals surface area contributed by atoms with E-state index in [9.17, 15) is 5.26 Å². The first-order valence-corrected chi connectivity index (χ1v) is 10.7. The van der Waals surface area contributed by atoms with E-state index in [1.54, 1.807) is 6.33 Å². The molecule has 2 N–H and O–H groups in total. The van der Waals surface area contributed by atoms with Gasteiger partial charge < -0.3 is 19.7 Å². The van der Waals surface area contributed by atoms with E-state index in [1.165, 1.54) is 5.56 Å². The van der Waals surface area contributed by atoms with Crippen LogP contribution in [0.2, 0.25) is 0 Å². The molecule has 166 valence electrons. The summed E-state index contributed by atoms with van der Waals surface area (Å²) in [5.74, 6) is 1.52. The minimum atomic E-state index is 0.139. The van der Waals surface area contributed by atoms with Gasteiger partial charge in [0.1, 0.15) is 17.8 Å². The Bertz CT molecular complexity index is 1140. The van der Waals surface area contributed by atoms with E-state index in [2.05, 4.69) is 60.9 Å². The van der Waals surface area contributed by atoms with E-state index in [0.717, 1.165) is 54.3 Å². The van der Waals surface area contributed by atoms with Gasteiger partial charge in [-0.25, -0.2) is 15.0 Å². The maximum absolute atomic E-state index is 9.33. The van der Waals surface area contributed by atoms with Gasteiger partial charge in [-0.15, -0.1) is 0 Å². The van der Waals surface area contributed by atoms with E-state index < -0.39 is 0 Å². The highest BCUT2D eigenvalue weighted by Gasteiger charge is 2.28. The molecule has 4 rings (SSSR count). The molecule has 0 amide bonds. The number of nitriles is 1. The number of benzene rings is 1. The van der Waals surface area contributed by atoms with Gasteiger partial charge in [-0.05, 0) is 51.2 Å². The molecular formula is C23H29N9. The standard InChI is InChI=1S/C23H29N9/c1-16-11-25-21-20(16)22(28-15-27-21)31-9-10-32(17(2)12-31)23(26-14-24)29-19-7-5-18(6-8-19)13-30(3)4/h5-8,11,15,17H,9-10,12-13H2,1-4H3,(H,26,29)(H,25,27,28)/t17-/m0/s1. The van der Waals surface area contributed by atoms with Crippen LogP contribution in [0.3, 0.4) is 0 Å². The second-order valence-corrected chi connectivity index (χ2v) is 8.46. The third kappa shape index (κ3) is 4.50. The molecule has 2 aromatic heterocycles. The zero-order valence-corrected chi connectivity index (χ0v) is 19.0. The lowest BCUT2D eigenvalue weighted by atomic mass is 10.1. The highest BCUT2D eigenvalue weighted by atomic mass is 15.4. The van der Waals surface area contributed by atoms with Gasteiger partial charge in [0, 0.05) is 38.4 Å². The van der Waals surface area contributed by atoms with Gasteiger partial charge in [0.15, 0.2) is 6.19 Å². The van der Waals surface area contributed by atoms with Crippen LogP contribution < -0.4 is 10.2 Å². The number of hydrogen-bond acceptors (Lipinski definition) is 6. The number of rotatable bonds is 4. The Kier molecular flexibility index (Phi) is 6.23. The Labute approximate surface area is 188 Å². The Hall–Kier alpha value is -3.64. The van der Waals surface area contributed by atoms with Crippen LogP contribution in [0.25, 0.3) is 11.0 Å². The van der Waals surface area contributed by atoms with E-state index in [-0.39, 0.29) is 6.04 Å². The molecule has 32 heavy (non-hydrogen) atoms. The summed E-state index contributed by atoms with van der Waals surface area (Å²) in [6.45, 7) is 7.35. The molecule has 0 radical (unpaired) electrons. The van der Waals surface area contributed by atoms with Crippen molar-refractivity contribution < 1.29 is 0 Å². The van der Waals surface area contributed by atoms with Gasteiger partial charge in [0.2, 0.25) is 5.96 Å². The minimum absolute atomic E-state index is 0.139. The van der Waals surface area contributed by atoms with Gasteiger partial charge in [-0.1, -0.05) is 12.1 Å². The van der Waals surface area contributed by atoms with E-state index in [1.807, 2.05) is 38.6 Å². The van der Waals surface area contributed by atoms with Gasteiger partial charge >= 0.3 is 0 Å². The molecule has 0 saturated carbocycles. The smallest absolute Gasteiger partial charge is 0.212 e. The van der Waals surface area contributed by atoms with Crippen molar-refractivity contribution in [3.8, 4) is 6.19 Å². The van der Waals surface area contributed by atoms with Crippen LogP contribution in [0.15, 0.2) is 41.8 Å². The fraction of sp³-hybridized carbons (Fsp3) is 0.391. The lowest BCUT2D eigenvalue weighted by Crippen LogP contribution is -2.56. The summed E-state index contributed by atoms with van der Waals surface area (Å²) in [5.41, 5.74) is 4.03. The van der Waals surface area contributed by atoms with Crippen LogP contribution in [-0.4, -0.2) is 70.5 Å². The number of guanidine groups is 1. The molecule has 1 atom stereocenters. The van der Waals surface area contributed by atoms with Crippen LogP contribution in [0.5, 0.6) is 0 Å². The fourth-order valence-electron chi connectivity index (χ4n) is 4.18. The summed E-state index contributed by atoms with van der Waals surface area (Å²) in [7, 11) is 4.10. The highest BCUT2D eigenvalue weighted by Crippen LogP contribution is 2.27. The number of aliphatic imine (C=N–C) groups is 1. The minimum Gasteiger partial charge on any atom is -0.352 e. The predicted octanol–water partition coefficient (Wildman–Crippen LogP) is 2.60. The number of nitrogens with zero attached hydrogens (tertiary/aromatic N) is 7. The molecule has 1 aliphatic rings. The van der Waals surface area contributed by atoms with E-state index in [4.69, 9.17) is 4.99 Å². The van der Waals surface area contributed by atoms with Crippen molar-refractivity contribution in [3.05, 3.63) is 47.9 Å². The van der Waals surface area contributed by atoms with Crippen LogP contribution in [-0.2, 0) is 6.54 Å². The molecule has 3 heterocycles. The summed E-state index contributed by atoms with van der Waals surface area (Å²) in [6, 6.07) is 8.27. The van der Waals surface area contributed by atoms with E-state index in [0.29, 0.717) is 5.96 Å². The van der Waals surface area contributed by atoms with Crippen LogP contribution in [0.4, 0.5) is 11.5 Å². The molecular weight excluding hydrogens is 402 g/mol. The lowest BCUT2D eigenvalue weighted by molar-refractivity contribution is 0.291. The first kappa shape index (κ1) is 21.6. The number of anilines is 1. The largest absolute Gasteiger partial charge is 0.352 e. The second-order valence-electron chi connectivity index (χ2n) is 8.46. The Morgan fingerprint density at radius 3 is 2.75 bits per heavy atom. The number of H-pyrrole nitrogens is 1. The molecule has 1 aliphatic heterocycles. The molecule has 9 nitrogen and oxygen atoms in total. The van der Waals surface area contributed by atoms with Gasteiger partial charge in [0.25, 0.3) is 0 Å². The van der Waals surface area contributed by atoms with Crippen LogP contribution in [0.1, 0.15) is 18.1 Å². The van der Waals surface area contributed by atoms with Gasteiger partial charge in [-0.2, -0.15) is 5.26 Å². The molecule has 9 heteroatoms. The van der Waals surface area contributed by atoms with Gasteiger partial charge in [-0.3, -0.25) is 5.32 Å². The summed E-state index contributed by atoms with van der Waals surface area (Å²) in [6.07, 6.45) is 5.62. The second kappa shape index (κ2) is 9.24. The normalized spacial score (nSPS) is 17.1. The molecule has 1 fully saturated rings. The van der Waals surface area contributed by atoms with Crippen molar-refractivity contribution in [3.63, 3.8) is 0 Å². The number of nitrogens with one attached hydrogen (secondary N) is 2. The summed E-state index contributed by atoms with van der Waals surface area (Å²) in [4.78, 5) is 23.4. The summed E-state index contributed by atoms with van der Waals surface area (Å²) in [5, 5.41) is 13.2. The zero-order chi connectivity index (χ0) is 22.7. The lowest BCUT2D eigenvalue weighted by Gasteiger charge is -2.41. The van der Waals surface area contributed by atoms with Crippen molar-refractivity contribution in [1.29, 1.82) is 5.26 Å². The average Bonchev–Trinajstić information content (AvgIpc) is 3.15. The number of piperazine rings is 1. The number of aromatic amines is 1. The third-order valence-corrected chi connectivity index (χ3v) is 5.68. The van der Waals surface area contributed by atoms with Crippen molar-refractivity contribution in [2.75, 3.05) is 38.6 Å². The number of fused-ring (bicyclic) bond motifs is 1. The maximum Gasteiger partial charge on any atom is 0.212 e. The number of hydrogen-bond donors (Lipinski definition) is 2. The molecule has 0 unspecified atom stereocenters. The Morgan fingerprint density at radius 1 is 1.28 bits per heavy atom. The van der Waals surface area contributed by atoms with Crippen molar-refractivity contribution >= 4 is 28.5 Å². The van der Waals surface area contributed by atoms with Crippen molar-refractivity contribution in [2.24, 2.45) is 4.99 Å². The first-order valence-electron chi connectivity index (χ1n) is 10.7. The van der Waals surface area contributed by atoms with E-state index >= 15 is 0 Å². The van der Waals surface area contributed by atoms with Crippen molar-refractivity contribution in [1.82, 2.24) is 30.1 Å². The molecule has 0 aliphatic carbocycles. The van der Waals surface area contributed by atoms with Crippen molar-refractivity contribution in [2.45, 2.75) is 26.4 Å². The molecule has 0 bridgehead atoms. The summed E-state index contributed by atoms with van der Waals surface area (Å²) >= 11 is 0. The fourth-order valence-corrected chi connectivity index (χ4v) is 4.18. The predicted molar refractivity (Wildman–Crippen MR) is 127 cm³/mol. The molecule has 0 spiro atoms. The molecule has 1 saturated heterocycles. The number of aryl methyl sites for hydroxylation is 1. The number of aromatic nitrogens is 3. The summed E-state index contributed by atoms with van der Waals surface area (Å²) < 4.78 is 0.